The molecule has 43 heavy (non-hydrogen) atoms. The minimum absolute atomic E-state index is 0.111. The molecule has 3 fully saturated rings. The summed E-state index contributed by atoms with van der Waals surface area (Å²) in [4.78, 5) is 25.5. The second-order valence-electron chi connectivity index (χ2n) is 12.2. The molecular formula is C31H34F3N5O2S2. The highest BCUT2D eigenvalue weighted by Gasteiger charge is 2.37. The number of carbonyl (C=O) groups excluding carboxylic acids is 1. The highest BCUT2D eigenvalue weighted by Crippen LogP contribution is 2.46. The fourth-order valence-electron chi connectivity index (χ4n) is 6.03. The lowest BCUT2D eigenvalue weighted by molar-refractivity contribution is -0.137. The van der Waals surface area contributed by atoms with Gasteiger partial charge in [-0.05, 0) is 86.6 Å². The van der Waals surface area contributed by atoms with E-state index in [-0.39, 0.29) is 23.4 Å². The van der Waals surface area contributed by atoms with E-state index in [9.17, 15) is 22.2 Å². The summed E-state index contributed by atoms with van der Waals surface area (Å²) in [7, 11) is -1.46. The van der Waals surface area contributed by atoms with E-state index in [2.05, 4.69) is 32.3 Å². The Morgan fingerprint density at radius 3 is 2.60 bits per heavy atom. The highest BCUT2D eigenvalue weighted by molar-refractivity contribution is 7.85. The lowest BCUT2D eigenvalue weighted by Crippen LogP contribution is -2.32. The molecule has 4 aliphatic rings. The molecule has 0 spiro atoms. The molecule has 1 aromatic carbocycles. The molecule has 0 saturated heterocycles. The van der Waals surface area contributed by atoms with Crippen molar-refractivity contribution in [3.8, 4) is 10.6 Å². The van der Waals surface area contributed by atoms with E-state index < -0.39 is 22.5 Å². The zero-order valence-electron chi connectivity index (χ0n) is 24.0. The number of aryl methyl sites for hydroxylation is 1. The minimum atomic E-state index is -4.65. The Labute approximate surface area is 255 Å². The molecule has 2 aromatic heterocycles. The summed E-state index contributed by atoms with van der Waals surface area (Å²) >= 11 is 1.15. The number of hydrogen-bond acceptors (Lipinski definition) is 7. The maximum absolute atomic E-state index is 14.1. The summed E-state index contributed by atoms with van der Waals surface area (Å²) in [6.07, 6.45) is 4.56. The van der Waals surface area contributed by atoms with Crippen LogP contribution in [0.3, 0.4) is 0 Å². The van der Waals surface area contributed by atoms with Gasteiger partial charge < -0.3 is 10.2 Å². The van der Waals surface area contributed by atoms with Crippen LogP contribution in [0.1, 0.15) is 71.6 Å². The van der Waals surface area contributed by atoms with Crippen LogP contribution in [-0.2, 0) is 34.7 Å². The quantitative estimate of drug-likeness (QED) is 0.247. The maximum atomic E-state index is 14.1. The van der Waals surface area contributed by atoms with Gasteiger partial charge in [-0.25, -0.2) is 9.97 Å². The van der Waals surface area contributed by atoms with Gasteiger partial charge in [0.1, 0.15) is 5.56 Å². The van der Waals surface area contributed by atoms with Gasteiger partial charge in [-0.2, -0.15) is 13.2 Å². The SMILES string of the molecule is Cc1sc(-c2nc(Nc3cc4c(cc3C3CC3)CN(C3CC3)CC4)ncc2C(F)(F)F)cc1S(=O)CCN(C=O)C1CC1. The van der Waals surface area contributed by atoms with Crippen molar-refractivity contribution in [1.29, 1.82) is 0 Å². The smallest absolute Gasteiger partial charge is 0.341 e. The summed E-state index contributed by atoms with van der Waals surface area (Å²) in [5.41, 5.74) is 3.52. The molecule has 3 aromatic rings. The zero-order valence-corrected chi connectivity index (χ0v) is 25.6. The molecule has 3 saturated carbocycles. The molecule has 1 N–H and O–H groups in total. The fraction of sp³-hybridized carbons (Fsp3) is 0.516. The van der Waals surface area contributed by atoms with Gasteiger partial charge in [0.2, 0.25) is 12.4 Å². The van der Waals surface area contributed by atoms with Crippen molar-refractivity contribution in [2.75, 3.05) is 24.2 Å². The van der Waals surface area contributed by atoms with Gasteiger partial charge in [0.25, 0.3) is 0 Å². The van der Waals surface area contributed by atoms with Gasteiger partial charge in [-0.1, -0.05) is 6.07 Å². The van der Waals surface area contributed by atoms with Crippen LogP contribution in [0.25, 0.3) is 10.6 Å². The number of rotatable bonds is 11. The van der Waals surface area contributed by atoms with Crippen molar-refractivity contribution in [2.24, 2.45) is 0 Å². The van der Waals surface area contributed by atoms with Crippen LogP contribution < -0.4 is 5.32 Å². The van der Waals surface area contributed by atoms with Crippen LogP contribution in [0, 0.1) is 6.92 Å². The average Bonchev–Trinajstić information content (AvgIpc) is 3.84. The molecule has 1 amide bonds. The second kappa shape index (κ2) is 11.3. The van der Waals surface area contributed by atoms with Crippen molar-refractivity contribution >= 4 is 40.2 Å². The molecule has 0 radical (unpaired) electrons. The number of carbonyl (C=O) groups is 1. The normalized spacial score (nSPS) is 19.6. The van der Waals surface area contributed by atoms with Gasteiger partial charge in [-0.15, -0.1) is 11.3 Å². The first kappa shape index (κ1) is 28.9. The number of halogens is 3. The second-order valence-corrected chi connectivity index (χ2v) is 15.0. The van der Waals surface area contributed by atoms with Crippen molar-refractivity contribution in [3.63, 3.8) is 0 Å². The third kappa shape index (κ3) is 6.23. The van der Waals surface area contributed by atoms with Crippen molar-refractivity contribution < 1.29 is 22.2 Å². The number of amides is 1. The lowest BCUT2D eigenvalue weighted by atomic mass is 9.94. The summed E-state index contributed by atoms with van der Waals surface area (Å²) in [5.74, 6) is 0.779. The number of nitrogens with one attached hydrogen (secondary N) is 1. The summed E-state index contributed by atoms with van der Waals surface area (Å²) < 4.78 is 55.6. The molecule has 7 nitrogen and oxygen atoms in total. The predicted molar refractivity (Wildman–Crippen MR) is 161 cm³/mol. The Hall–Kier alpha value is -2.83. The van der Waals surface area contributed by atoms with E-state index in [0.717, 1.165) is 74.8 Å². The number of nitrogens with zero attached hydrogens (tertiary/aromatic N) is 4. The molecular weight excluding hydrogens is 596 g/mol. The largest absolute Gasteiger partial charge is 0.420 e. The van der Waals surface area contributed by atoms with E-state index in [1.54, 1.807) is 17.9 Å². The van der Waals surface area contributed by atoms with Gasteiger partial charge in [0.15, 0.2) is 0 Å². The molecule has 228 valence electrons. The first-order valence-electron chi connectivity index (χ1n) is 15.0. The van der Waals surface area contributed by atoms with Gasteiger partial charge in [0.05, 0.1) is 26.3 Å². The average molecular weight is 630 g/mol. The van der Waals surface area contributed by atoms with Gasteiger partial charge in [0, 0.05) is 54.2 Å². The Bertz CT molecular complexity index is 1580. The Kier molecular flexibility index (Phi) is 7.58. The van der Waals surface area contributed by atoms with E-state index >= 15 is 0 Å². The number of hydrogen-bond donors (Lipinski definition) is 1. The molecule has 12 heteroatoms. The third-order valence-electron chi connectivity index (χ3n) is 8.87. The molecule has 1 aliphatic heterocycles. The van der Waals surface area contributed by atoms with E-state index in [4.69, 9.17) is 0 Å². The van der Waals surface area contributed by atoms with Crippen molar-refractivity contribution in [1.82, 2.24) is 19.8 Å². The van der Waals surface area contributed by atoms with Gasteiger partial charge >= 0.3 is 6.18 Å². The minimum Gasteiger partial charge on any atom is -0.341 e. The van der Waals surface area contributed by atoms with Crippen LogP contribution in [0.4, 0.5) is 24.8 Å². The van der Waals surface area contributed by atoms with E-state index in [1.165, 1.54) is 29.5 Å². The van der Waals surface area contributed by atoms with Gasteiger partial charge in [-0.3, -0.25) is 13.9 Å². The Balaban J connectivity index is 1.17. The zero-order chi connectivity index (χ0) is 29.9. The lowest BCUT2D eigenvalue weighted by Gasteiger charge is -2.30. The fourth-order valence-corrected chi connectivity index (χ4v) is 8.60. The molecule has 3 heterocycles. The van der Waals surface area contributed by atoms with Crippen LogP contribution >= 0.6 is 11.3 Å². The first-order valence-corrected chi connectivity index (χ1v) is 17.1. The molecule has 3 aliphatic carbocycles. The summed E-state index contributed by atoms with van der Waals surface area (Å²) in [6, 6.07) is 6.91. The molecule has 7 rings (SSSR count). The number of anilines is 2. The van der Waals surface area contributed by atoms with Crippen LogP contribution in [0.15, 0.2) is 29.3 Å². The molecule has 1 atom stereocenters. The molecule has 0 bridgehead atoms. The number of aromatic nitrogens is 2. The summed E-state index contributed by atoms with van der Waals surface area (Å²) in [6.45, 7) is 4.09. The number of thiophene rings is 1. The highest BCUT2D eigenvalue weighted by atomic mass is 32.2. The van der Waals surface area contributed by atoms with Crippen molar-refractivity contribution in [2.45, 2.75) is 87.5 Å². The van der Waals surface area contributed by atoms with Crippen LogP contribution in [-0.4, -0.2) is 61.3 Å². The monoisotopic (exact) mass is 629 g/mol. The first-order chi connectivity index (χ1) is 20.7. The topological polar surface area (TPSA) is 78.4 Å². The number of benzene rings is 1. The van der Waals surface area contributed by atoms with E-state index in [1.807, 2.05) is 0 Å². The summed E-state index contributed by atoms with van der Waals surface area (Å²) in [5, 5.41) is 3.28. The van der Waals surface area contributed by atoms with Crippen LogP contribution in [0.2, 0.25) is 0 Å². The third-order valence-corrected chi connectivity index (χ3v) is 11.5. The Morgan fingerprint density at radius 2 is 1.93 bits per heavy atom. The number of fused-ring (bicyclic) bond motifs is 1. The Morgan fingerprint density at radius 1 is 1.14 bits per heavy atom. The molecule has 1 unspecified atom stereocenters. The van der Waals surface area contributed by atoms with Crippen molar-refractivity contribution in [3.05, 3.63) is 51.5 Å². The standard InChI is InChI=1S/C31H34F3N5O2S2/c1-18-28(43(41)11-10-39(17-40)23-6-7-23)14-27(42-18)29-25(31(32,33)34)15-35-30(37-29)36-26-13-20-8-9-38(22-4-5-22)16-21(20)12-24(26)19-2-3-19/h12-15,17,19,22-23H,2-11,16H2,1H3,(H,35,36,37). The van der Waals surface area contributed by atoms with E-state index in [0.29, 0.717) is 33.2 Å². The van der Waals surface area contributed by atoms with Crippen LogP contribution in [0.5, 0.6) is 0 Å². The number of alkyl halides is 3. The predicted octanol–water partition coefficient (Wildman–Crippen LogP) is 6.40. The maximum Gasteiger partial charge on any atom is 0.420 e.